The Kier molecular flexibility index (Phi) is 7.55. The zero-order chi connectivity index (χ0) is 26.5. The topological polar surface area (TPSA) is 110 Å². The Morgan fingerprint density at radius 1 is 0.865 bits per heavy atom. The molecule has 3 aromatic carbocycles. The molecule has 1 aliphatic heterocycles. The van der Waals surface area contributed by atoms with Crippen LogP contribution in [0.25, 0.3) is 6.08 Å². The third kappa shape index (κ3) is 5.96. The Labute approximate surface area is 216 Å². The summed E-state index contributed by atoms with van der Waals surface area (Å²) in [5, 5.41) is 0.501. The standard InChI is InChI=1S/C27H20ClNO8/c1-15(30)35-21-11-7-18(14-24(21)34-3)25-29-20(27(32)37-25)12-16-4-10-22(23(13-16)33-2)36-26(31)17-5-8-19(28)9-6-17/h4-14H,1-3H3/b20-12-. The molecule has 1 aliphatic rings. The first-order valence-electron chi connectivity index (χ1n) is 10.8. The second kappa shape index (κ2) is 11.0. The van der Waals surface area contributed by atoms with Crippen LogP contribution in [0.2, 0.25) is 5.02 Å². The molecule has 0 amide bonds. The van der Waals surface area contributed by atoms with E-state index >= 15 is 0 Å². The normalized spacial score (nSPS) is 13.6. The molecule has 0 fully saturated rings. The van der Waals surface area contributed by atoms with Gasteiger partial charge in [-0.05, 0) is 66.2 Å². The molecule has 188 valence electrons. The van der Waals surface area contributed by atoms with E-state index in [1.165, 1.54) is 33.3 Å². The number of benzene rings is 3. The Morgan fingerprint density at radius 2 is 1.51 bits per heavy atom. The highest BCUT2D eigenvalue weighted by molar-refractivity contribution is 6.30. The minimum Gasteiger partial charge on any atom is -0.493 e. The van der Waals surface area contributed by atoms with Crippen molar-refractivity contribution in [1.82, 2.24) is 0 Å². The van der Waals surface area contributed by atoms with E-state index in [1.54, 1.807) is 54.6 Å². The molecule has 0 N–H and O–H groups in total. The van der Waals surface area contributed by atoms with Crippen LogP contribution in [0.1, 0.15) is 28.4 Å². The third-order valence-electron chi connectivity index (χ3n) is 5.06. The van der Waals surface area contributed by atoms with Gasteiger partial charge in [-0.3, -0.25) is 4.79 Å². The molecule has 0 aliphatic carbocycles. The van der Waals surface area contributed by atoms with Gasteiger partial charge in [-0.2, -0.15) is 0 Å². The van der Waals surface area contributed by atoms with Gasteiger partial charge < -0.3 is 23.7 Å². The molecular weight excluding hydrogens is 502 g/mol. The van der Waals surface area contributed by atoms with Crippen molar-refractivity contribution in [3.8, 4) is 23.0 Å². The van der Waals surface area contributed by atoms with Crippen molar-refractivity contribution < 1.29 is 38.1 Å². The second-order valence-electron chi connectivity index (χ2n) is 7.60. The number of hydrogen-bond acceptors (Lipinski definition) is 9. The number of aliphatic imine (C=N–C) groups is 1. The lowest BCUT2D eigenvalue weighted by Crippen LogP contribution is -2.09. The van der Waals surface area contributed by atoms with Crippen LogP contribution >= 0.6 is 11.6 Å². The van der Waals surface area contributed by atoms with E-state index in [2.05, 4.69) is 4.99 Å². The van der Waals surface area contributed by atoms with Crippen molar-refractivity contribution in [1.29, 1.82) is 0 Å². The van der Waals surface area contributed by atoms with Crippen molar-refractivity contribution in [2.75, 3.05) is 14.2 Å². The van der Waals surface area contributed by atoms with Crippen LogP contribution in [0.3, 0.4) is 0 Å². The van der Waals surface area contributed by atoms with E-state index in [0.29, 0.717) is 21.7 Å². The molecule has 10 heteroatoms. The first-order valence-corrected chi connectivity index (χ1v) is 11.2. The van der Waals surface area contributed by atoms with Crippen molar-refractivity contribution in [2.45, 2.75) is 6.92 Å². The second-order valence-corrected chi connectivity index (χ2v) is 8.04. The number of methoxy groups -OCH3 is 2. The third-order valence-corrected chi connectivity index (χ3v) is 5.31. The molecule has 0 aromatic heterocycles. The number of halogens is 1. The fourth-order valence-corrected chi connectivity index (χ4v) is 3.46. The van der Waals surface area contributed by atoms with Crippen molar-refractivity contribution in [3.63, 3.8) is 0 Å². The Hall–Kier alpha value is -4.63. The molecule has 0 radical (unpaired) electrons. The monoisotopic (exact) mass is 521 g/mol. The van der Waals surface area contributed by atoms with E-state index < -0.39 is 17.9 Å². The Bertz CT molecular complexity index is 1440. The number of hydrogen-bond donors (Lipinski definition) is 0. The van der Waals surface area contributed by atoms with Gasteiger partial charge in [-0.1, -0.05) is 17.7 Å². The molecule has 0 saturated carbocycles. The lowest BCUT2D eigenvalue weighted by molar-refractivity contribution is -0.132. The number of carbonyl (C=O) groups is 3. The zero-order valence-electron chi connectivity index (χ0n) is 19.9. The minimum absolute atomic E-state index is 0.0472. The maximum Gasteiger partial charge on any atom is 0.363 e. The molecule has 9 nitrogen and oxygen atoms in total. The number of esters is 3. The summed E-state index contributed by atoms with van der Waals surface area (Å²) in [5.74, 6) is -0.701. The van der Waals surface area contributed by atoms with E-state index in [9.17, 15) is 14.4 Å². The van der Waals surface area contributed by atoms with E-state index in [-0.39, 0.29) is 34.6 Å². The van der Waals surface area contributed by atoms with Gasteiger partial charge in [-0.15, -0.1) is 0 Å². The summed E-state index contributed by atoms with van der Waals surface area (Å²) in [6, 6.07) is 15.7. The maximum atomic E-state index is 12.5. The minimum atomic E-state index is -0.657. The SMILES string of the molecule is COc1cc(C2=N/C(=C\c3ccc(OC(=O)c4ccc(Cl)cc4)c(OC)c3)C(=O)O2)ccc1OC(C)=O. The highest BCUT2D eigenvalue weighted by atomic mass is 35.5. The summed E-state index contributed by atoms with van der Waals surface area (Å²) in [6.07, 6.45) is 1.51. The van der Waals surface area contributed by atoms with Gasteiger partial charge in [0.1, 0.15) is 0 Å². The van der Waals surface area contributed by atoms with Crippen LogP contribution < -0.4 is 18.9 Å². The number of carbonyl (C=O) groups excluding carboxylic acids is 3. The summed E-state index contributed by atoms with van der Waals surface area (Å²) in [4.78, 5) is 40.4. The lowest BCUT2D eigenvalue weighted by Gasteiger charge is -2.10. The molecule has 1 heterocycles. The van der Waals surface area contributed by atoms with Gasteiger partial charge in [-0.25, -0.2) is 14.6 Å². The van der Waals surface area contributed by atoms with Gasteiger partial charge >= 0.3 is 17.9 Å². The maximum absolute atomic E-state index is 12.5. The van der Waals surface area contributed by atoms with Crippen molar-refractivity contribution in [3.05, 3.63) is 88.1 Å². The van der Waals surface area contributed by atoms with Crippen LogP contribution in [0.15, 0.2) is 71.4 Å². The molecule has 0 atom stereocenters. The fourth-order valence-electron chi connectivity index (χ4n) is 3.33. The van der Waals surface area contributed by atoms with Gasteiger partial charge in [0.15, 0.2) is 28.7 Å². The number of nitrogens with zero attached hydrogens (tertiary/aromatic N) is 1. The molecule has 0 bridgehead atoms. The smallest absolute Gasteiger partial charge is 0.363 e. The molecule has 37 heavy (non-hydrogen) atoms. The highest BCUT2D eigenvalue weighted by Gasteiger charge is 2.25. The summed E-state index contributed by atoms with van der Waals surface area (Å²) in [6.45, 7) is 1.28. The lowest BCUT2D eigenvalue weighted by atomic mass is 10.1. The zero-order valence-corrected chi connectivity index (χ0v) is 20.7. The molecule has 0 saturated heterocycles. The number of cyclic esters (lactones) is 1. The van der Waals surface area contributed by atoms with Crippen LogP contribution in [-0.4, -0.2) is 38.0 Å². The summed E-state index contributed by atoms with van der Waals surface area (Å²) < 4.78 is 26.5. The largest absolute Gasteiger partial charge is 0.493 e. The molecule has 4 rings (SSSR count). The van der Waals surface area contributed by atoms with Crippen LogP contribution in [0, 0.1) is 0 Å². The van der Waals surface area contributed by atoms with Crippen molar-refractivity contribution >= 4 is 41.5 Å². The van der Waals surface area contributed by atoms with E-state index in [1.807, 2.05) is 0 Å². The van der Waals surface area contributed by atoms with Crippen LogP contribution in [0.4, 0.5) is 0 Å². The van der Waals surface area contributed by atoms with Gasteiger partial charge in [0.2, 0.25) is 5.90 Å². The van der Waals surface area contributed by atoms with Crippen LogP contribution in [-0.2, 0) is 14.3 Å². The van der Waals surface area contributed by atoms with Gasteiger partial charge in [0.05, 0.1) is 19.8 Å². The molecule has 0 unspecified atom stereocenters. The summed E-state index contributed by atoms with van der Waals surface area (Å²) in [7, 11) is 2.85. The van der Waals surface area contributed by atoms with Gasteiger partial charge in [0, 0.05) is 17.5 Å². The number of ether oxygens (including phenoxy) is 5. The number of rotatable bonds is 7. The average molecular weight is 522 g/mol. The predicted octanol–water partition coefficient (Wildman–Crippen LogP) is 4.85. The Morgan fingerprint density at radius 3 is 2.19 bits per heavy atom. The first kappa shape index (κ1) is 25.5. The first-order chi connectivity index (χ1) is 17.8. The Balaban J connectivity index is 1.56. The predicted molar refractivity (Wildman–Crippen MR) is 134 cm³/mol. The molecule has 3 aromatic rings. The van der Waals surface area contributed by atoms with Gasteiger partial charge in [0.25, 0.3) is 0 Å². The summed E-state index contributed by atoms with van der Waals surface area (Å²) in [5.41, 5.74) is 1.38. The highest BCUT2D eigenvalue weighted by Crippen LogP contribution is 2.32. The van der Waals surface area contributed by atoms with Crippen molar-refractivity contribution in [2.24, 2.45) is 4.99 Å². The molecular formula is C27H20ClNO8. The molecule has 0 spiro atoms. The fraction of sp³-hybridized carbons (Fsp3) is 0.111. The average Bonchev–Trinajstić information content (AvgIpc) is 3.25. The van der Waals surface area contributed by atoms with E-state index in [4.69, 9.17) is 35.3 Å². The van der Waals surface area contributed by atoms with E-state index in [0.717, 1.165) is 0 Å². The quantitative estimate of drug-likeness (QED) is 0.247. The van der Waals surface area contributed by atoms with Crippen LogP contribution in [0.5, 0.6) is 23.0 Å². The summed E-state index contributed by atoms with van der Waals surface area (Å²) >= 11 is 5.86.